The van der Waals surface area contributed by atoms with E-state index < -0.39 is 35.8 Å². The third-order valence-corrected chi connectivity index (χ3v) is 3.19. The molecule has 0 saturated heterocycles. The van der Waals surface area contributed by atoms with Gasteiger partial charge in [0.2, 0.25) is 17.7 Å². The summed E-state index contributed by atoms with van der Waals surface area (Å²) >= 11 is 0. The first-order valence-electron chi connectivity index (χ1n) is 7.33. The van der Waals surface area contributed by atoms with Crippen molar-refractivity contribution in [2.24, 2.45) is 5.73 Å². The zero-order valence-electron chi connectivity index (χ0n) is 13.2. The van der Waals surface area contributed by atoms with E-state index in [0.29, 0.717) is 5.56 Å². The normalized spacial score (nSPS) is 12.7. The second-order valence-corrected chi connectivity index (χ2v) is 5.25. The van der Waals surface area contributed by atoms with Crippen molar-refractivity contribution < 1.29 is 24.3 Å². The highest BCUT2D eigenvalue weighted by Crippen LogP contribution is 2.05. The summed E-state index contributed by atoms with van der Waals surface area (Å²) in [5.41, 5.74) is 5.68. The molecule has 0 bridgehead atoms. The lowest BCUT2D eigenvalue weighted by Crippen LogP contribution is -2.52. The summed E-state index contributed by atoms with van der Waals surface area (Å²) in [4.78, 5) is 45.6. The molecule has 0 aliphatic carbocycles. The zero-order chi connectivity index (χ0) is 18.1. The van der Waals surface area contributed by atoms with Crippen LogP contribution in [0.5, 0.6) is 0 Å². The summed E-state index contributed by atoms with van der Waals surface area (Å²) in [6.07, 6.45) is -0.135. The second kappa shape index (κ2) is 9.29. The highest BCUT2D eigenvalue weighted by molar-refractivity contribution is 5.90. The Balaban J connectivity index is 2.79. The van der Waals surface area contributed by atoms with E-state index in [4.69, 9.17) is 10.8 Å². The van der Waals surface area contributed by atoms with Crippen LogP contribution in [0.2, 0.25) is 0 Å². The minimum atomic E-state index is -1.28. The summed E-state index contributed by atoms with van der Waals surface area (Å²) in [7, 11) is 0. The lowest BCUT2D eigenvalue weighted by Gasteiger charge is -2.21. The van der Waals surface area contributed by atoms with Crippen molar-refractivity contribution in [3.05, 3.63) is 35.9 Å². The molecule has 1 aromatic rings. The molecular weight excluding hydrogens is 314 g/mol. The van der Waals surface area contributed by atoms with Crippen molar-refractivity contribution in [2.75, 3.05) is 0 Å². The minimum absolute atomic E-state index is 0.124. The average molecular weight is 334 g/mol. The van der Waals surface area contributed by atoms with Crippen molar-refractivity contribution >= 4 is 23.7 Å². The highest BCUT2D eigenvalue weighted by atomic mass is 16.4. The van der Waals surface area contributed by atoms with Crippen molar-refractivity contribution in [2.45, 2.75) is 38.3 Å². The zero-order valence-corrected chi connectivity index (χ0v) is 13.2. The van der Waals surface area contributed by atoms with E-state index in [9.17, 15) is 19.2 Å². The van der Waals surface area contributed by atoms with Gasteiger partial charge >= 0.3 is 5.97 Å². The molecule has 129 valence electrons. The first-order valence-corrected chi connectivity index (χ1v) is 7.33. The molecule has 0 saturated carbocycles. The number of nitrogens with one attached hydrogen (secondary N) is 2. The number of amides is 3. The molecule has 0 aromatic heterocycles. The van der Waals surface area contributed by atoms with Gasteiger partial charge in [-0.1, -0.05) is 24.3 Å². The van der Waals surface area contributed by atoms with Gasteiger partial charge < -0.3 is 21.5 Å². The van der Waals surface area contributed by atoms with Crippen molar-refractivity contribution in [1.82, 2.24) is 10.6 Å². The molecular formula is C16H20N3O5. The summed E-state index contributed by atoms with van der Waals surface area (Å²) in [6.45, 7) is 1.26. The quantitative estimate of drug-likeness (QED) is 0.476. The fraction of sp³-hybridized carbons (Fsp3) is 0.375. The molecule has 2 atom stereocenters. The topological polar surface area (TPSA) is 139 Å². The standard InChI is InChI=1S/C16H20N3O5/c1-10(20)18-13(9-11-5-3-2-4-6-11)15(22)19-12(16(23)24)7-8-14(17)21/h2-5,12-13H,7-9H2,1H3,(H2,17,21)(H,18,20)(H,19,22)(H,23,24)/t12-,13?/m0/s1. The third-order valence-electron chi connectivity index (χ3n) is 3.19. The number of nitrogens with two attached hydrogens (primary N) is 1. The monoisotopic (exact) mass is 334 g/mol. The first-order chi connectivity index (χ1) is 11.3. The van der Waals surface area contributed by atoms with E-state index >= 15 is 0 Å². The number of carbonyl (C=O) groups is 4. The molecule has 5 N–H and O–H groups in total. The molecule has 1 rings (SSSR count). The number of benzene rings is 1. The van der Waals surface area contributed by atoms with E-state index in [1.54, 1.807) is 24.3 Å². The third kappa shape index (κ3) is 6.91. The fourth-order valence-electron chi connectivity index (χ4n) is 2.05. The van der Waals surface area contributed by atoms with E-state index in [2.05, 4.69) is 16.7 Å². The number of rotatable bonds is 9. The Bertz CT molecular complexity index is 603. The van der Waals surface area contributed by atoms with E-state index in [1.165, 1.54) is 6.92 Å². The Morgan fingerprint density at radius 3 is 2.42 bits per heavy atom. The van der Waals surface area contributed by atoms with Gasteiger partial charge in [-0.25, -0.2) is 4.79 Å². The van der Waals surface area contributed by atoms with Crippen LogP contribution in [0.4, 0.5) is 0 Å². The summed E-state index contributed by atoms with van der Waals surface area (Å²) in [6, 6.07) is 7.67. The molecule has 3 amide bonds. The largest absolute Gasteiger partial charge is 0.480 e. The van der Waals surface area contributed by atoms with Crippen LogP contribution < -0.4 is 16.4 Å². The molecule has 1 aromatic carbocycles. The lowest BCUT2D eigenvalue weighted by atomic mass is 10.0. The number of carboxylic acids is 1. The molecule has 1 radical (unpaired) electrons. The van der Waals surface area contributed by atoms with Crippen LogP contribution in [0.3, 0.4) is 0 Å². The van der Waals surface area contributed by atoms with Gasteiger partial charge in [-0.3, -0.25) is 14.4 Å². The van der Waals surface area contributed by atoms with Crippen molar-refractivity contribution in [1.29, 1.82) is 0 Å². The van der Waals surface area contributed by atoms with Gasteiger partial charge in [0, 0.05) is 19.8 Å². The summed E-state index contributed by atoms with van der Waals surface area (Å²) < 4.78 is 0. The van der Waals surface area contributed by atoms with E-state index in [-0.39, 0.29) is 19.3 Å². The number of hydrogen-bond donors (Lipinski definition) is 4. The molecule has 8 nitrogen and oxygen atoms in total. The van der Waals surface area contributed by atoms with Crippen molar-refractivity contribution in [3.63, 3.8) is 0 Å². The molecule has 8 heteroatoms. The fourth-order valence-corrected chi connectivity index (χ4v) is 2.05. The predicted octanol–water partition coefficient (Wildman–Crippen LogP) is -0.631. The Morgan fingerprint density at radius 1 is 1.21 bits per heavy atom. The minimum Gasteiger partial charge on any atom is -0.480 e. The Labute approximate surface area is 139 Å². The SMILES string of the molecule is CC(=O)NC(Cc1[c]cccc1)C(=O)N[C@@H](CCC(N)=O)C(=O)O. The molecule has 0 spiro atoms. The molecule has 0 aliphatic rings. The first kappa shape index (κ1) is 19.1. The molecule has 24 heavy (non-hydrogen) atoms. The maximum absolute atomic E-state index is 12.3. The number of carboxylic acid groups (broad SMARTS) is 1. The second-order valence-electron chi connectivity index (χ2n) is 5.25. The van der Waals surface area contributed by atoms with Gasteiger partial charge in [0.05, 0.1) is 0 Å². The van der Waals surface area contributed by atoms with Crippen LogP contribution in [0.25, 0.3) is 0 Å². The number of aliphatic carboxylic acids is 1. The van der Waals surface area contributed by atoms with Crippen LogP contribution >= 0.6 is 0 Å². The van der Waals surface area contributed by atoms with Gasteiger partial charge in [0.25, 0.3) is 0 Å². The Morgan fingerprint density at radius 2 is 1.92 bits per heavy atom. The van der Waals surface area contributed by atoms with Crippen LogP contribution in [-0.2, 0) is 25.6 Å². The number of hydrogen-bond acceptors (Lipinski definition) is 4. The van der Waals surface area contributed by atoms with Gasteiger partial charge in [-0.05, 0) is 18.1 Å². The maximum Gasteiger partial charge on any atom is 0.326 e. The molecule has 0 aliphatic heterocycles. The maximum atomic E-state index is 12.3. The average Bonchev–Trinajstić information content (AvgIpc) is 2.50. The summed E-state index contributed by atoms with van der Waals surface area (Å²) in [5.74, 6) is -3.01. The Kier molecular flexibility index (Phi) is 7.41. The van der Waals surface area contributed by atoms with Crippen molar-refractivity contribution in [3.8, 4) is 0 Å². The van der Waals surface area contributed by atoms with Crippen LogP contribution in [-0.4, -0.2) is 40.9 Å². The van der Waals surface area contributed by atoms with Crippen LogP contribution in [0, 0.1) is 6.07 Å². The smallest absolute Gasteiger partial charge is 0.326 e. The predicted molar refractivity (Wildman–Crippen MR) is 84.6 cm³/mol. The van der Waals surface area contributed by atoms with Crippen LogP contribution in [0.15, 0.2) is 24.3 Å². The Hall–Kier alpha value is -2.90. The van der Waals surface area contributed by atoms with Crippen LogP contribution in [0.1, 0.15) is 25.3 Å². The lowest BCUT2D eigenvalue weighted by molar-refractivity contribution is -0.142. The number of carbonyl (C=O) groups excluding carboxylic acids is 3. The van der Waals surface area contributed by atoms with Gasteiger partial charge in [-0.15, -0.1) is 0 Å². The highest BCUT2D eigenvalue weighted by Gasteiger charge is 2.26. The molecule has 1 unspecified atom stereocenters. The van der Waals surface area contributed by atoms with E-state index in [0.717, 1.165) is 0 Å². The van der Waals surface area contributed by atoms with Gasteiger partial charge in [-0.2, -0.15) is 0 Å². The summed E-state index contributed by atoms with van der Waals surface area (Å²) in [5, 5.41) is 13.9. The molecule has 0 fully saturated rings. The number of primary amides is 1. The van der Waals surface area contributed by atoms with Gasteiger partial charge in [0.15, 0.2) is 0 Å². The molecule has 0 heterocycles. The van der Waals surface area contributed by atoms with Gasteiger partial charge in [0.1, 0.15) is 12.1 Å². The van der Waals surface area contributed by atoms with E-state index in [1.807, 2.05) is 0 Å².